The van der Waals surface area contributed by atoms with Crippen molar-refractivity contribution in [3.63, 3.8) is 0 Å². The third kappa shape index (κ3) is 4.61. The molecule has 0 aliphatic carbocycles. The Bertz CT molecular complexity index is 1060. The van der Waals surface area contributed by atoms with Gasteiger partial charge in [-0.2, -0.15) is 0 Å². The van der Waals surface area contributed by atoms with E-state index in [0.717, 1.165) is 0 Å². The van der Waals surface area contributed by atoms with Crippen LogP contribution in [0.25, 0.3) is 0 Å². The molecule has 0 saturated heterocycles. The summed E-state index contributed by atoms with van der Waals surface area (Å²) >= 11 is 0. The summed E-state index contributed by atoms with van der Waals surface area (Å²) in [7, 11) is 1.50. The molecule has 0 aliphatic heterocycles. The number of benzene rings is 2. The smallest absolute Gasteiger partial charge is 0.353 e. The topological polar surface area (TPSA) is 129 Å². The highest BCUT2D eigenvalue weighted by Gasteiger charge is 2.24. The maximum absolute atomic E-state index is 11.8. The number of carbonyl (C=O) groups excluding carboxylic acids is 1. The molecule has 0 aliphatic rings. The normalized spacial score (nSPS) is 10.2. The van der Waals surface area contributed by atoms with Gasteiger partial charge in [-0.15, -0.1) is 0 Å². The summed E-state index contributed by atoms with van der Waals surface area (Å²) in [6, 6.07) is 13.3. The summed E-state index contributed by atoms with van der Waals surface area (Å²) in [6.07, 6.45) is 1.21. The lowest BCUT2D eigenvalue weighted by Crippen LogP contribution is -2.07. The van der Waals surface area contributed by atoms with Crippen molar-refractivity contribution < 1.29 is 19.2 Å². The first-order valence-corrected chi connectivity index (χ1v) is 8.97. The Morgan fingerprint density at radius 2 is 1.73 bits per heavy atom. The van der Waals surface area contributed by atoms with Crippen LogP contribution in [0.15, 0.2) is 54.9 Å². The largest absolute Gasteiger partial charge is 0.495 e. The summed E-state index contributed by atoms with van der Waals surface area (Å²) in [5.74, 6) is 0.0660. The van der Waals surface area contributed by atoms with Crippen LogP contribution >= 0.6 is 0 Å². The molecule has 0 fully saturated rings. The fraction of sp³-hybridized carbons (Fsp3) is 0.150. The van der Waals surface area contributed by atoms with Crippen LogP contribution < -0.4 is 15.4 Å². The number of ether oxygens (including phenoxy) is 2. The summed E-state index contributed by atoms with van der Waals surface area (Å²) in [6.45, 7) is 1.99. The predicted octanol–water partition coefficient (Wildman–Crippen LogP) is 4.06. The molecule has 0 radical (unpaired) electrons. The number of hydrogen-bond donors (Lipinski definition) is 2. The second kappa shape index (κ2) is 9.32. The Morgan fingerprint density at radius 3 is 2.37 bits per heavy atom. The van der Waals surface area contributed by atoms with Crippen LogP contribution in [0.1, 0.15) is 17.3 Å². The number of hydrogen-bond acceptors (Lipinski definition) is 9. The van der Waals surface area contributed by atoms with Gasteiger partial charge in [-0.1, -0.05) is 12.1 Å². The second-order valence-electron chi connectivity index (χ2n) is 5.92. The van der Waals surface area contributed by atoms with Gasteiger partial charge in [0.25, 0.3) is 0 Å². The van der Waals surface area contributed by atoms with Crippen LogP contribution in [0, 0.1) is 10.1 Å². The molecular weight excluding hydrogens is 390 g/mol. The molecule has 1 aromatic heterocycles. The third-order valence-electron chi connectivity index (χ3n) is 4.02. The van der Waals surface area contributed by atoms with Crippen molar-refractivity contribution in [2.24, 2.45) is 0 Å². The molecule has 0 bridgehead atoms. The lowest BCUT2D eigenvalue weighted by atomic mass is 10.2. The van der Waals surface area contributed by atoms with Gasteiger partial charge in [0.1, 0.15) is 12.1 Å². The summed E-state index contributed by atoms with van der Waals surface area (Å²) in [4.78, 5) is 30.9. The molecule has 30 heavy (non-hydrogen) atoms. The lowest BCUT2D eigenvalue weighted by molar-refractivity contribution is -0.383. The van der Waals surface area contributed by atoms with Crippen molar-refractivity contribution in [2.45, 2.75) is 6.92 Å². The number of rotatable bonds is 8. The highest BCUT2D eigenvalue weighted by Crippen LogP contribution is 2.35. The van der Waals surface area contributed by atoms with Crippen molar-refractivity contribution in [3.05, 3.63) is 70.5 Å². The van der Waals surface area contributed by atoms with Gasteiger partial charge in [0.2, 0.25) is 11.6 Å². The van der Waals surface area contributed by atoms with Gasteiger partial charge in [0, 0.05) is 5.69 Å². The van der Waals surface area contributed by atoms with E-state index >= 15 is 0 Å². The molecule has 0 atom stereocenters. The van der Waals surface area contributed by atoms with E-state index in [4.69, 9.17) is 9.47 Å². The van der Waals surface area contributed by atoms with Gasteiger partial charge in [-0.25, -0.2) is 14.8 Å². The van der Waals surface area contributed by atoms with E-state index in [1.54, 1.807) is 55.5 Å². The first kappa shape index (κ1) is 20.5. The van der Waals surface area contributed by atoms with Crippen molar-refractivity contribution in [2.75, 3.05) is 24.4 Å². The molecule has 3 rings (SSSR count). The number of nitrogens with one attached hydrogen (secondary N) is 2. The number of nitro groups is 1. The molecule has 2 aromatic carbocycles. The summed E-state index contributed by atoms with van der Waals surface area (Å²) in [5, 5.41) is 17.6. The van der Waals surface area contributed by atoms with E-state index < -0.39 is 10.9 Å². The summed E-state index contributed by atoms with van der Waals surface area (Å²) in [5.41, 5.74) is 1.07. The number of anilines is 4. The number of carbonyl (C=O) groups is 1. The molecule has 1 heterocycles. The minimum atomic E-state index is -0.576. The maximum atomic E-state index is 11.8. The van der Waals surface area contributed by atoms with Crippen LogP contribution in [-0.4, -0.2) is 34.6 Å². The maximum Gasteiger partial charge on any atom is 0.353 e. The van der Waals surface area contributed by atoms with E-state index in [1.807, 2.05) is 0 Å². The van der Waals surface area contributed by atoms with Crippen LogP contribution in [0.3, 0.4) is 0 Å². The van der Waals surface area contributed by atoms with Crippen LogP contribution in [0.2, 0.25) is 0 Å². The summed E-state index contributed by atoms with van der Waals surface area (Å²) < 4.78 is 10.2. The lowest BCUT2D eigenvalue weighted by Gasteiger charge is -2.12. The van der Waals surface area contributed by atoms with Gasteiger partial charge in [0.15, 0.2) is 0 Å². The number of para-hydroxylation sites is 2. The van der Waals surface area contributed by atoms with Gasteiger partial charge in [0.05, 0.1) is 29.9 Å². The van der Waals surface area contributed by atoms with Gasteiger partial charge >= 0.3 is 11.7 Å². The predicted molar refractivity (Wildman–Crippen MR) is 111 cm³/mol. The van der Waals surface area contributed by atoms with Crippen molar-refractivity contribution in [3.8, 4) is 5.75 Å². The Balaban J connectivity index is 1.89. The minimum absolute atomic E-state index is 0.00344. The zero-order valence-corrected chi connectivity index (χ0v) is 16.3. The molecule has 0 spiro atoms. The van der Waals surface area contributed by atoms with E-state index in [1.165, 1.54) is 13.4 Å². The average molecular weight is 409 g/mol. The van der Waals surface area contributed by atoms with Crippen LogP contribution in [0.4, 0.5) is 28.7 Å². The van der Waals surface area contributed by atoms with Crippen molar-refractivity contribution in [1.82, 2.24) is 9.97 Å². The highest BCUT2D eigenvalue weighted by atomic mass is 16.6. The number of esters is 1. The molecular formula is C20H19N5O5. The quantitative estimate of drug-likeness (QED) is 0.321. The van der Waals surface area contributed by atoms with E-state index in [-0.39, 0.29) is 23.9 Å². The fourth-order valence-electron chi connectivity index (χ4n) is 2.65. The Kier molecular flexibility index (Phi) is 6.38. The molecule has 154 valence electrons. The number of methoxy groups -OCH3 is 1. The average Bonchev–Trinajstić information content (AvgIpc) is 2.75. The number of nitrogens with zero attached hydrogens (tertiary/aromatic N) is 3. The molecule has 2 N–H and O–H groups in total. The van der Waals surface area contributed by atoms with Crippen LogP contribution in [-0.2, 0) is 4.74 Å². The zero-order chi connectivity index (χ0) is 21.5. The molecule has 10 heteroatoms. The second-order valence-corrected chi connectivity index (χ2v) is 5.92. The Morgan fingerprint density at radius 1 is 1.07 bits per heavy atom. The highest BCUT2D eigenvalue weighted by molar-refractivity contribution is 5.90. The van der Waals surface area contributed by atoms with Gasteiger partial charge in [-0.3, -0.25) is 10.1 Å². The van der Waals surface area contributed by atoms with Crippen LogP contribution in [0.5, 0.6) is 5.75 Å². The first-order chi connectivity index (χ1) is 14.5. The molecule has 0 unspecified atom stereocenters. The first-order valence-electron chi connectivity index (χ1n) is 8.97. The Labute approximate surface area is 172 Å². The van der Waals surface area contributed by atoms with Gasteiger partial charge < -0.3 is 20.1 Å². The molecule has 0 amide bonds. The van der Waals surface area contributed by atoms with E-state index in [2.05, 4.69) is 20.6 Å². The van der Waals surface area contributed by atoms with E-state index in [9.17, 15) is 14.9 Å². The standard InChI is InChI=1S/C20H19N5O5/c1-3-30-20(26)13-8-10-14(11-9-13)23-18-17(25(27)28)19(22-12-21-18)24-15-6-4-5-7-16(15)29-2/h4-12H,3H2,1-2H3,(H2,21,22,23,24). The molecule has 0 saturated carbocycles. The molecule has 10 nitrogen and oxygen atoms in total. The van der Waals surface area contributed by atoms with Crippen molar-refractivity contribution >= 4 is 34.7 Å². The zero-order valence-electron chi connectivity index (χ0n) is 16.3. The van der Waals surface area contributed by atoms with Crippen molar-refractivity contribution in [1.29, 1.82) is 0 Å². The Hall–Kier alpha value is -4.21. The molecule has 3 aromatic rings. The minimum Gasteiger partial charge on any atom is -0.495 e. The third-order valence-corrected chi connectivity index (χ3v) is 4.02. The fourth-order valence-corrected chi connectivity index (χ4v) is 2.65. The van der Waals surface area contributed by atoms with Gasteiger partial charge in [-0.05, 0) is 43.3 Å². The number of aromatic nitrogens is 2. The SMILES string of the molecule is CCOC(=O)c1ccc(Nc2ncnc(Nc3ccccc3OC)c2[N+](=O)[O-])cc1. The van der Waals surface area contributed by atoms with E-state index in [0.29, 0.717) is 22.7 Å². The monoisotopic (exact) mass is 409 g/mol.